The molecule has 1 aliphatic rings. The number of hydrogen-bond acceptors (Lipinski definition) is 6. The Bertz CT molecular complexity index is 1470. The Balaban J connectivity index is 1.63. The maximum atomic E-state index is 13.9. The molecular formula is C31H31FN4O3. The van der Waals surface area contributed by atoms with Crippen molar-refractivity contribution in [3.05, 3.63) is 96.1 Å². The molecule has 5 rings (SSSR count). The number of nitrogens with zero attached hydrogens (tertiary/aromatic N) is 3. The van der Waals surface area contributed by atoms with E-state index in [-0.39, 0.29) is 18.2 Å². The van der Waals surface area contributed by atoms with Crippen molar-refractivity contribution in [3.63, 3.8) is 0 Å². The summed E-state index contributed by atoms with van der Waals surface area (Å²) in [5.74, 6) is 0.0264. The molecular weight excluding hydrogens is 495 g/mol. The number of para-hydroxylation sites is 1. The standard InChI is InChI=1S/C31H31FN4O3/c1-3-20(2)30-27(14-13-26-18-25(37)19-29(38)39-26)31(21-9-11-22(32)12-10-21)36(35-30)24-15-16-33-28(17-24)34-23-7-5-4-6-8-23/h4-17,20,25-26,37H,3,18-19H2,1-2H3,(H,33,34)/t20?,25-,26?/m1/s1. The lowest BCUT2D eigenvalue weighted by Gasteiger charge is -2.23. The molecule has 2 N–H and O–H groups in total. The van der Waals surface area contributed by atoms with Crippen LogP contribution in [0.5, 0.6) is 0 Å². The van der Waals surface area contributed by atoms with E-state index in [2.05, 4.69) is 24.1 Å². The fourth-order valence-electron chi connectivity index (χ4n) is 4.66. The molecule has 39 heavy (non-hydrogen) atoms. The number of cyclic esters (lactones) is 1. The van der Waals surface area contributed by atoms with E-state index >= 15 is 0 Å². The summed E-state index contributed by atoms with van der Waals surface area (Å²) in [6.07, 6.45) is 5.34. The number of benzene rings is 2. The van der Waals surface area contributed by atoms with Crippen LogP contribution in [0, 0.1) is 5.82 Å². The number of aromatic nitrogens is 3. The molecule has 200 valence electrons. The zero-order valence-electron chi connectivity index (χ0n) is 21.9. The summed E-state index contributed by atoms with van der Waals surface area (Å²) in [4.78, 5) is 16.4. The van der Waals surface area contributed by atoms with Gasteiger partial charge >= 0.3 is 5.97 Å². The monoisotopic (exact) mass is 526 g/mol. The summed E-state index contributed by atoms with van der Waals surface area (Å²) in [7, 11) is 0. The Kier molecular flexibility index (Phi) is 7.84. The first kappa shape index (κ1) is 26.3. The van der Waals surface area contributed by atoms with Crippen LogP contribution in [-0.2, 0) is 9.53 Å². The third-order valence-corrected chi connectivity index (χ3v) is 6.85. The van der Waals surface area contributed by atoms with Gasteiger partial charge in [0.2, 0.25) is 0 Å². The molecule has 0 bridgehead atoms. The summed E-state index contributed by atoms with van der Waals surface area (Å²) in [6, 6.07) is 19.9. The number of esters is 1. The summed E-state index contributed by atoms with van der Waals surface area (Å²) in [5.41, 5.74) is 4.97. The van der Waals surface area contributed by atoms with Crippen LogP contribution in [0.4, 0.5) is 15.9 Å². The van der Waals surface area contributed by atoms with Gasteiger partial charge < -0.3 is 15.2 Å². The van der Waals surface area contributed by atoms with Gasteiger partial charge in [-0.3, -0.25) is 4.79 Å². The van der Waals surface area contributed by atoms with E-state index in [0.717, 1.165) is 40.3 Å². The minimum Gasteiger partial charge on any atom is -0.458 e. The van der Waals surface area contributed by atoms with Crippen molar-refractivity contribution in [2.24, 2.45) is 0 Å². The molecule has 0 spiro atoms. The summed E-state index contributed by atoms with van der Waals surface area (Å²) < 4.78 is 21.2. The Hall–Kier alpha value is -4.30. The van der Waals surface area contributed by atoms with Crippen LogP contribution < -0.4 is 5.32 Å². The zero-order valence-corrected chi connectivity index (χ0v) is 21.9. The van der Waals surface area contributed by atoms with Crippen molar-refractivity contribution in [2.75, 3.05) is 5.32 Å². The smallest absolute Gasteiger partial charge is 0.309 e. The molecule has 4 aromatic rings. The maximum Gasteiger partial charge on any atom is 0.309 e. The van der Waals surface area contributed by atoms with Crippen LogP contribution in [0.15, 0.2) is 79.0 Å². The Morgan fingerprint density at radius 1 is 1.18 bits per heavy atom. The number of ether oxygens (including phenoxy) is 1. The van der Waals surface area contributed by atoms with E-state index in [9.17, 15) is 14.3 Å². The average Bonchev–Trinajstić information content (AvgIpc) is 3.31. The Morgan fingerprint density at radius 2 is 1.95 bits per heavy atom. The van der Waals surface area contributed by atoms with Gasteiger partial charge in [-0.2, -0.15) is 5.10 Å². The molecule has 2 unspecified atom stereocenters. The van der Waals surface area contributed by atoms with Crippen molar-refractivity contribution in [1.29, 1.82) is 0 Å². The number of rotatable bonds is 8. The number of hydrogen-bond donors (Lipinski definition) is 2. The van der Waals surface area contributed by atoms with Gasteiger partial charge in [-0.15, -0.1) is 0 Å². The molecule has 3 atom stereocenters. The minimum absolute atomic E-state index is 0.00259. The minimum atomic E-state index is -0.735. The van der Waals surface area contributed by atoms with Crippen molar-refractivity contribution in [3.8, 4) is 16.9 Å². The van der Waals surface area contributed by atoms with Crippen LogP contribution in [0.3, 0.4) is 0 Å². The number of aliphatic hydroxyl groups excluding tert-OH is 1. The largest absolute Gasteiger partial charge is 0.458 e. The van der Waals surface area contributed by atoms with Gasteiger partial charge in [0.15, 0.2) is 0 Å². The zero-order chi connectivity index (χ0) is 27.4. The van der Waals surface area contributed by atoms with Gasteiger partial charge in [-0.1, -0.05) is 38.1 Å². The second kappa shape index (κ2) is 11.6. The van der Waals surface area contributed by atoms with E-state index in [1.165, 1.54) is 12.1 Å². The highest BCUT2D eigenvalue weighted by Gasteiger charge is 2.27. The predicted molar refractivity (Wildman–Crippen MR) is 149 cm³/mol. The number of anilines is 2. The topological polar surface area (TPSA) is 89.3 Å². The lowest BCUT2D eigenvalue weighted by atomic mass is 9.96. The molecule has 2 aromatic heterocycles. The Labute approximate surface area is 227 Å². The van der Waals surface area contributed by atoms with Crippen LogP contribution in [0.1, 0.15) is 50.3 Å². The highest BCUT2D eigenvalue weighted by Crippen LogP contribution is 2.35. The molecule has 3 heterocycles. The van der Waals surface area contributed by atoms with Gasteiger partial charge in [0, 0.05) is 41.4 Å². The molecule has 1 aliphatic heterocycles. The number of pyridine rings is 1. The van der Waals surface area contributed by atoms with E-state index in [0.29, 0.717) is 12.2 Å². The maximum absolute atomic E-state index is 13.9. The average molecular weight is 527 g/mol. The second-order valence-corrected chi connectivity index (χ2v) is 9.75. The summed E-state index contributed by atoms with van der Waals surface area (Å²) in [5, 5.41) is 18.4. The van der Waals surface area contributed by atoms with Crippen LogP contribution >= 0.6 is 0 Å². The first-order chi connectivity index (χ1) is 18.9. The molecule has 8 heteroatoms. The third kappa shape index (κ3) is 6.07. The number of aliphatic hydroxyl groups is 1. The quantitative estimate of drug-likeness (QED) is 0.258. The molecule has 1 fully saturated rings. The van der Waals surface area contributed by atoms with Crippen LogP contribution in [0.2, 0.25) is 0 Å². The number of carbonyl (C=O) groups is 1. The van der Waals surface area contributed by atoms with Crippen LogP contribution in [0.25, 0.3) is 23.0 Å². The lowest BCUT2D eigenvalue weighted by molar-refractivity contribution is -0.156. The lowest BCUT2D eigenvalue weighted by Crippen LogP contribution is -2.31. The first-order valence-corrected chi connectivity index (χ1v) is 13.1. The van der Waals surface area contributed by atoms with Gasteiger partial charge in [0.05, 0.1) is 29.6 Å². The van der Waals surface area contributed by atoms with E-state index < -0.39 is 18.2 Å². The van der Waals surface area contributed by atoms with Crippen molar-refractivity contribution in [1.82, 2.24) is 14.8 Å². The molecule has 1 saturated heterocycles. The third-order valence-electron chi connectivity index (χ3n) is 6.85. The van der Waals surface area contributed by atoms with Gasteiger partial charge in [0.25, 0.3) is 0 Å². The number of nitrogens with one attached hydrogen (secondary N) is 1. The van der Waals surface area contributed by atoms with Crippen LogP contribution in [-0.4, -0.2) is 38.0 Å². The Morgan fingerprint density at radius 3 is 2.67 bits per heavy atom. The highest BCUT2D eigenvalue weighted by atomic mass is 19.1. The van der Waals surface area contributed by atoms with E-state index in [1.54, 1.807) is 24.4 Å². The molecule has 2 aromatic carbocycles. The normalized spacial score (nSPS) is 18.2. The van der Waals surface area contributed by atoms with Crippen molar-refractivity contribution < 1.29 is 19.0 Å². The summed E-state index contributed by atoms with van der Waals surface area (Å²) in [6.45, 7) is 4.21. The molecule has 0 saturated carbocycles. The fraction of sp³-hybridized carbons (Fsp3) is 0.258. The number of halogens is 1. The molecule has 7 nitrogen and oxygen atoms in total. The molecule has 0 aliphatic carbocycles. The molecule has 0 radical (unpaired) electrons. The van der Waals surface area contributed by atoms with Gasteiger partial charge in [-0.25, -0.2) is 14.1 Å². The summed E-state index contributed by atoms with van der Waals surface area (Å²) >= 11 is 0. The van der Waals surface area contributed by atoms with Crippen molar-refractivity contribution >= 4 is 23.6 Å². The number of carbonyl (C=O) groups excluding carboxylic acids is 1. The fourth-order valence-corrected chi connectivity index (χ4v) is 4.66. The highest BCUT2D eigenvalue weighted by molar-refractivity contribution is 5.77. The SMILES string of the molecule is CCC(C)c1nn(-c2ccnc(Nc3ccccc3)c2)c(-c2ccc(F)cc2)c1C=CC1C[C@@H](O)CC(=O)O1. The van der Waals surface area contributed by atoms with Gasteiger partial charge in [-0.05, 0) is 55.0 Å². The first-order valence-electron chi connectivity index (χ1n) is 13.1. The molecule has 0 amide bonds. The van der Waals surface area contributed by atoms with Gasteiger partial charge in [0.1, 0.15) is 17.7 Å². The van der Waals surface area contributed by atoms with E-state index in [1.807, 2.05) is 53.2 Å². The van der Waals surface area contributed by atoms with Crippen molar-refractivity contribution in [2.45, 2.75) is 51.2 Å². The predicted octanol–water partition coefficient (Wildman–Crippen LogP) is 6.41. The second-order valence-electron chi connectivity index (χ2n) is 9.75. The van der Waals surface area contributed by atoms with E-state index in [4.69, 9.17) is 9.84 Å².